The molecule has 170 valence electrons. The number of aromatic nitrogens is 2. The maximum absolute atomic E-state index is 14.4. The van der Waals surface area contributed by atoms with Crippen molar-refractivity contribution in [3.8, 4) is 0 Å². The van der Waals surface area contributed by atoms with Crippen molar-refractivity contribution in [1.29, 1.82) is 0 Å². The van der Waals surface area contributed by atoms with E-state index in [4.69, 9.17) is 9.97 Å². The van der Waals surface area contributed by atoms with E-state index in [9.17, 15) is 12.8 Å². The Hall–Kier alpha value is -2.06. The Balaban J connectivity index is 2.01. The van der Waals surface area contributed by atoms with Gasteiger partial charge < -0.3 is 4.90 Å². The molecule has 0 saturated carbocycles. The van der Waals surface area contributed by atoms with Crippen molar-refractivity contribution in [3.05, 3.63) is 52.7 Å². The quantitative estimate of drug-likeness (QED) is 0.615. The van der Waals surface area contributed by atoms with E-state index in [0.29, 0.717) is 38.2 Å². The Morgan fingerprint density at radius 2 is 1.74 bits per heavy atom. The fourth-order valence-electron chi connectivity index (χ4n) is 3.87. The molecule has 0 spiro atoms. The zero-order valence-corrected chi connectivity index (χ0v) is 19.8. The summed E-state index contributed by atoms with van der Waals surface area (Å²) in [7, 11) is -3.21. The van der Waals surface area contributed by atoms with Gasteiger partial charge in [0.1, 0.15) is 17.5 Å². The van der Waals surface area contributed by atoms with Gasteiger partial charge in [0, 0.05) is 49.8 Å². The SMILES string of the molecule is CCc1nc([C@@H](C)CC)nc(N2CCN(S(=O)(=O)CC)CC2)c1Cc1ccccc1F. The number of rotatable bonds is 8. The fourth-order valence-corrected chi connectivity index (χ4v) is 4.95. The first-order valence-electron chi connectivity index (χ1n) is 11.2. The van der Waals surface area contributed by atoms with E-state index in [1.807, 2.05) is 6.07 Å². The highest BCUT2D eigenvalue weighted by Crippen LogP contribution is 2.29. The highest BCUT2D eigenvalue weighted by Gasteiger charge is 2.29. The third-order valence-corrected chi connectivity index (χ3v) is 7.98. The van der Waals surface area contributed by atoms with Crippen LogP contribution < -0.4 is 4.90 Å². The van der Waals surface area contributed by atoms with Gasteiger partial charge in [0.25, 0.3) is 0 Å². The van der Waals surface area contributed by atoms with Crippen molar-refractivity contribution in [2.75, 3.05) is 36.8 Å². The molecule has 0 radical (unpaired) electrons. The summed E-state index contributed by atoms with van der Waals surface area (Å²) < 4.78 is 40.5. The number of sulfonamides is 1. The number of hydrogen-bond donors (Lipinski definition) is 0. The van der Waals surface area contributed by atoms with Crippen LogP contribution >= 0.6 is 0 Å². The van der Waals surface area contributed by atoms with E-state index < -0.39 is 10.0 Å². The van der Waals surface area contributed by atoms with Crippen LogP contribution in [0.15, 0.2) is 24.3 Å². The number of aryl methyl sites for hydroxylation is 1. The zero-order valence-electron chi connectivity index (χ0n) is 18.9. The molecule has 2 heterocycles. The molecule has 2 aromatic rings. The lowest BCUT2D eigenvalue weighted by atomic mass is 10.00. The summed E-state index contributed by atoms with van der Waals surface area (Å²) in [4.78, 5) is 11.9. The summed E-state index contributed by atoms with van der Waals surface area (Å²) in [6.07, 6.45) is 2.07. The summed E-state index contributed by atoms with van der Waals surface area (Å²) in [5.74, 6) is 1.71. The standard InChI is InChI=1S/C23H33FN4O2S/c1-5-17(4)22-25-21(6-2)19(16-18-10-8-9-11-20(18)24)23(26-22)27-12-14-28(15-13-27)31(29,30)7-3/h8-11,17H,5-7,12-16H2,1-4H3/t17-/m0/s1. The third-order valence-electron chi connectivity index (χ3n) is 6.10. The first-order chi connectivity index (χ1) is 14.8. The number of hydrogen-bond acceptors (Lipinski definition) is 5. The molecule has 1 aliphatic rings. The fraction of sp³-hybridized carbons (Fsp3) is 0.565. The van der Waals surface area contributed by atoms with E-state index >= 15 is 0 Å². The van der Waals surface area contributed by atoms with Crippen LogP contribution in [0.2, 0.25) is 0 Å². The van der Waals surface area contributed by atoms with E-state index in [1.54, 1.807) is 23.4 Å². The van der Waals surface area contributed by atoms with Crippen LogP contribution in [0.4, 0.5) is 10.2 Å². The average molecular weight is 449 g/mol. The second-order valence-corrected chi connectivity index (χ2v) is 10.3. The van der Waals surface area contributed by atoms with E-state index in [2.05, 4.69) is 25.7 Å². The van der Waals surface area contributed by atoms with Crippen LogP contribution in [-0.4, -0.2) is 54.6 Å². The predicted octanol–water partition coefficient (Wildman–Crippen LogP) is 3.75. The van der Waals surface area contributed by atoms with Gasteiger partial charge in [-0.3, -0.25) is 0 Å². The van der Waals surface area contributed by atoms with Gasteiger partial charge in [-0.25, -0.2) is 22.8 Å². The molecule has 0 N–H and O–H groups in total. The van der Waals surface area contributed by atoms with Crippen LogP contribution in [0.3, 0.4) is 0 Å². The van der Waals surface area contributed by atoms with Gasteiger partial charge in [0.05, 0.1) is 5.75 Å². The largest absolute Gasteiger partial charge is 0.354 e. The Morgan fingerprint density at radius 1 is 1.06 bits per heavy atom. The Labute approximate surface area is 185 Å². The topological polar surface area (TPSA) is 66.4 Å². The minimum atomic E-state index is -3.21. The normalized spacial score (nSPS) is 16.5. The molecule has 1 atom stereocenters. The molecule has 0 unspecified atom stereocenters. The lowest BCUT2D eigenvalue weighted by Crippen LogP contribution is -2.49. The predicted molar refractivity (Wildman–Crippen MR) is 123 cm³/mol. The van der Waals surface area contributed by atoms with E-state index in [1.165, 1.54) is 6.07 Å². The van der Waals surface area contributed by atoms with E-state index in [0.717, 1.165) is 35.7 Å². The number of nitrogens with zero attached hydrogens (tertiary/aromatic N) is 4. The van der Waals surface area contributed by atoms with Crippen LogP contribution in [0, 0.1) is 5.82 Å². The minimum absolute atomic E-state index is 0.108. The highest BCUT2D eigenvalue weighted by molar-refractivity contribution is 7.89. The molecule has 3 rings (SSSR count). The molecule has 6 nitrogen and oxygen atoms in total. The minimum Gasteiger partial charge on any atom is -0.354 e. The van der Waals surface area contributed by atoms with Crippen LogP contribution in [-0.2, 0) is 22.9 Å². The van der Waals surface area contributed by atoms with Gasteiger partial charge in [-0.15, -0.1) is 0 Å². The second-order valence-electron chi connectivity index (χ2n) is 8.05. The lowest BCUT2D eigenvalue weighted by Gasteiger charge is -2.36. The number of anilines is 1. The molecule has 1 aromatic heterocycles. The van der Waals surface area contributed by atoms with Gasteiger partial charge in [0.15, 0.2) is 0 Å². The first-order valence-corrected chi connectivity index (χ1v) is 12.8. The van der Waals surface area contributed by atoms with Crippen molar-refractivity contribution in [3.63, 3.8) is 0 Å². The Kier molecular flexibility index (Phi) is 7.64. The molecule has 0 amide bonds. The summed E-state index contributed by atoms with van der Waals surface area (Å²) in [6.45, 7) is 9.93. The number of halogens is 1. The average Bonchev–Trinajstić information content (AvgIpc) is 2.80. The smallest absolute Gasteiger partial charge is 0.213 e. The number of benzene rings is 1. The van der Waals surface area contributed by atoms with Crippen LogP contribution in [0.1, 0.15) is 62.7 Å². The summed E-state index contributed by atoms with van der Waals surface area (Å²) in [5.41, 5.74) is 2.49. The summed E-state index contributed by atoms with van der Waals surface area (Å²) >= 11 is 0. The van der Waals surface area contributed by atoms with Crippen LogP contribution in [0.5, 0.6) is 0 Å². The maximum atomic E-state index is 14.4. The molecule has 31 heavy (non-hydrogen) atoms. The molecule has 0 aliphatic carbocycles. The molecule has 1 saturated heterocycles. The zero-order chi connectivity index (χ0) is 22.6. The first kappa shape index (κ1) is 23.6. The van der Waals surface area contributed by atoms with Crippen molar-refractivity contribution >= 4 is 15.8 Å². The van der Waals surface area contributed by atoms with Gasteiger partial charge in [0.2, 0.25) is 10.0 Å². The second kappa shape index (κ2) is 10.0. The summed E-state index contributed by atoms with van der Waals surface area (Å²) in [5, 5.41) is 0. The van der Waals surface area contributed by atoms with Crippen molar-refractivity contribution < 1.29 is 12.8 Å². The Bertz CT molecular complexity index is 1000. The molecule has 1 fully saturated rings. The lowest BCUT2D eigenvalue weighted by molar-refractivity contribution is 0.384. The van der Waals surface area contributed by atoms with Crippen LogP contribution in [0.25, 0.3) is 0 Å². The van der Waals surface area contributed by atoms with Crippen molar-refractivity contribution in [2.24, 2.45) is 0 Å². The van der Waals surface area contributed by atoms with Gasteiger partial charge in [-0.2, -0.15) is 4.31 Å². The molecule has 8 heteroatoms. The molecule has 1 aromatic carbocycles. The molecular formula is C23H33FN4O2S. The molecule has 1 aliphatic heterocycles. The highest BCUT2D eigenvalue weighted by atomic mass is 32.2. The monoisotopic (exact) mass is 448 g/mol. The molecular weight excluding hydrogens is 415 g/mol. The van der Waals surface area contributed by atoms with E-state index in [-0.39, 0.29) is 17.5 Å². The van der Waals surface area contributed by atoms with Crippen molar-refractivity contribution in [2.45, 2.75) is 52.9 Å². The maximum Gasteiger partial charge on any atom is 0.213 e. The van der Waals surface area contributed by atoms with Crippen molar-refractivity contribution in [1.82, 2.24) is 14.3 Å². The van der Waals surface area contributed by atoms with Gasteiger partial charge in [-0.05, 0) is 31.4 Å². The summed E-state index contributed by atoms with van der Waals surface area (Å²) in [6, 6.07) is 6.80. The van der Waals surface area contributed by atoms with Gasteiger partial charge >= 0.3 is 0 Å². The number of piperazine rings is 1. The van der Waals surface area contributed by atoms with Gasteiger partial charge in [-0.1, -0.05) is 39.0 Å². The third kappa shape index (κ3) is 5.23. The molecule has 0 bridgehead atoms. The Morgan fingerprint density at radius 3 is 2.32 bits per heavy atom.